The molecule has 1 aromatic heterocycles. The molecular formula is C24H27N3O3. The van der Waals surface area contributed by atoms with Gasteiger partial charge in [-0.25, -0.2) is 9.78 Å². The van der Waals surface area contributed by atoms with Crippen molar-refractivity contribution in [2.75, 3.05) is 5.32 Å². The minimum atomic E-state index is -0.868. The minimum absolute atomic E-state index is 0.335. The molecule has 2 N–H and O–H groups in total. The van der Waals surface area contributed by atoms with Crippen LogP contribution in [0.1, 0.15) is 46.2 Å². The van der Waals surface area contributed by atoms with Gasteiger partial charge >= 0.3 is 5.97 Å². The largest absolute Gasteiger partial charge is 0.449 e. The Morgan fingerprint density at radius 3 is 2.37 bits per heavy atom. The molecule has 3 aromatic rings. The second-order valence-electron chi connectivity index (χ2n) is 7.48. The van der Waals surface area contributed by atoms with Crippen molar-refractivity contribution in [3.05, 3.63) is 70.5 Å². The fraction of sp³-hybridized carbons (Fsp3) is 0.292. The molecule has 1 atom stereocenters. The SMILES string of the molecule is CCC(OC(=O)c1ccc(-c2nc(C)c(C)[nH]2)cc1)C(=O)Nc1cc(C)ccc1C. The van der Waals surface area contributed by atoms with Crippen LogP contribution in [-0.2, 0) is 9.53 Å². The number of nitrogens with one attached hydrogen (secondary N) is 2. The van der Waals surface area contributed by atoms with E-state index in [1.54, 1.807) is 12.1 Å². The molecule has 6 nitrogen and oxygen atoms in total. The summed E-state index contributed by atoms with van der Waals surface area (Å²) in [6.07, 6.45) is -0.488. The number of rotatable bonds is 6. The predicted molar refractivity (Wildman–Crippen MR) is 118 cm³/mol. The number of aromatic amines is 1. The third-order valence-corrected chi connectivity index (χ3v) is 5.09. The molecule has 1 heterocycles. The van der Waals surface area contributed by atoms with Gasteiger partial charge in [-0.3, -0.25) is 4.79 Å². The van der Waals surface area contributed by atoms with Crippen LogP contribution >= 0.6 is 0 Å². The first kappa shape index (κ1) is 21.3. The van der Waals surface area contributed by atoms with Crippen LogP contribution in [0.4, 0.5) is 5.69 Å². The van der Waals surface area contributed by atoms with Crippen molar-refractivity contribution >= 4 is 17.6 Å². The van der Waals surface area contributed by atoms with Crippen molar-refractivity contribution in [2.24, 2.45) is 0 Å². The molecule has 0 fully saturated rings. The summed E-state index contributed by atoms with van der Waals surface area (Å²) in [5.74, 6) is -0.113. The van der Waals surface area contributed by atoms with Crippen molar-refractivity contribution in [1.82, 2.24) is 9.97 Å². The van der Waals surface area contributed by atoms with E-state index < -0.39 is 12.1 Å². The molecule has 3 rings (SSSR count). The number of esters is 1. The van der Waals surface area contributed by atoms with Crippen LogP contribution in [0, 0.1) is 27.7 Å². The van der Waals surface area contributed by atoms with Gasteiger partial charge in [0, 0.05) is 16.9 Å². The van der Waals surface area contributed by atoms with E-state index in [9.17, 15) is 9.59 Å². The summed E-state index contributed by atoms with van der Waals surface area (Å²) in [5.41, 5.74) is 5.93. The van der Waals surface area contributed by atoms with Crippen LogP contribution in [0.15, 0.2) is 42.5 Å². The van der Waals surface area contributed by atoms with Gasteiger partial charge < -0.3 is 15.0 Å². The van der Waals surface area contributed by atoms with Crippen molar-refractivity contribution in [3.8, 4) is 11.4 Å². The van der Waals surface area contributed by atoms with Crippen molar-refractivity contribution in [1.29, 1.82) is 0 Å². The third-order valence-electron chi connectivity index (χ3n) is 5.09. The number of hydrogen-bond donors (Lipinski definition) is 2. The summed E-state index contributed by atoms with van der Waals surface area (Å²) in [6.45, 7) is 9.60. The van der Waals surface area contributed by atoms with Crippen molar-refractivity contribution < 1.29 is 14.3 Å². The Hall–Kier alpha value is -3.41. The highest BCUT2D eigenvalue weighted by Crippen LogP contribution is 2.20. The number of nitrogens with zero attached hydrogens (tertiary/aromatic N) is 1. The molecule has 156 valence electrons. The minimum Gasteiger partial charge on any atom is -0.449 e. The summed E-state index contributed by atoms with van der Waals surface area (Å²) in [7, 11) is 0. The molecule has 0 saturated carbocycles. The van der Waals surface area contributed by atoms with Crippen molar-refractivity contribution in [2.45, 2.75) is 47.1 Å². The maximum absolute atomic E-state index is 12.6. The maximum atomic E-state index is 12.6. The number of carbonyl (C=O) groups excluding carboxylic acids is 2. The highest BCUT2D eigenvalue weighted by atomic mass is 16.5. The lowest BCUT2D eigenvalue weighted by Gasteiger charge is -2.17. The van der Waals surface area contributed by atoms with Gasteiger partial charge in [-0.2, -0.15) is 0 Å². The van der Waals surface area contributed by atoms with Crippen LogP contribution in [-0.4, -0.2) is 27.9 Å². The number of ether oxygens (including phenoxy) is 1. The van der Waals surface area contributed by atoms with Gasteiger partial charge in [0.15, 0.2) is 6.10 Å². The van der Waals surface area contributed by atoms with E-state index in [1.165, 1.54) is 0 Å². The monoisotopic (exact) mass is 405 g/mol. The van der Waals surface area contributed by atoms with Gasteiger partial charge in [-0.15, -0.1) is 0 Å². The summed E-state index contributed by atoms with van der Waals surface area (Å²) < 4.78 is 5.48. The number of amides is 1. The Labute approximate surface area is 176 Å². The number of carbonyl (C=O) groups is 2. The third kappa shape index (κ3) is 4.76. The zero-order valence-electron chi connectivity index (χ0n) is 18.0. The van der Waals surface area contributed by atoms with Gasteiger partial charge in [-0.1, -0.05) is 31.2 Å². The molecule has 6 heteroatoms. The predicted octanol–water partition coefficient (Wildman–Crippen LogP) is 4.88. The molecule has 0 radical (unpaired) electrons. The van der Waals surface area contributed by atoms with Gasteiger partial charge in [0.2, 0.25) is 0 Å². The van der Waals surface area contributed by atoms with E-state index in [4.69, 9.17) is 4.74 Å². The number of anilines is 1. The molecule has 1 unspecified atom stereocenters. The molecule has 1 amide bonds. The summed E-state index contributed by atoms with van der Waals surface area (Å²) >= 11 is 0. The Morgan fingerprint density at radius 2 is 1.77 bits per heavy atom. The number of benzene rings is 2. The van der Waals surface area contributed by atoms with Gasteiger partial charge in [0.05, 0.1) is 11.3 Å². The van der Waals surface area contributed by atoms with E-state index >= 15 is 0 Å². The number of hydrogen-bond acceptors (Lipinski definition) is 4. The van der Waals surface area contributed by atoms with E-state index in [0.29, 0.717) is 12.0 Å². The van der Waals surface area contributed by atoms with Gasteiger partial charge in [0.25, 0.3) is 5.91 Å². The van der Waals surface area contributed by atoms with Crippen LogP contribution in [0.3, 0.4) is 0 Å². The number of imidazole rings is 1. The Morgan fingerprint density at radius 1 is 1.07 bits per heavy atom. The molecule has 0 aliphatic rings. The fourth-order valence-corrected chi connectivity index (χ4v) is 3.05. The van der Waals surface area contributed by atoms with E-state index in [-0.39, 0.29) is 5.91 Å². The number of aromatic nitrogens is 2. The van der Waals surface area contributed by atoms with Gasteiger partial charge in [0.1, 0.15) is 5.82 Å². The first-order valence-corrected chi connectivity index (χ1v) is 10.0. The average Bonchev–Trinajstić information content (AvgIpc) is 3.07. The molecule has 0 aliphatic heterocycles. The molecule has 2 aromatic carbocycles. The average molecular weight is 405 g/mol. The topological polar surface area (TPSA) is 84.1 Å². The normalized spacial score (nSPS) is 11.8. The summed E-state index contributed by atoms with van der Waals surface area (Å²) in [4.78, 5) is 32.9. The first-order chi connectivity index (χ1) is 14.3. The van der Waals surface area contributed by atoms with E-state index in [1.807, 2.05) is 65.0 Å². The second kappa shape index (κ2) is 8.95. The highest BCUT2D eigenvalue weighted by molar-refractivity contribution is 5.98. The smallest absolute Gasteiger partial charge is 0.338 e. The number of aryl methyl sites for hydroxylation is 4. The second-order valence-corrected chi connectivity index (χ2v) is 7.48. The summed E-state index contributed by atoms with van der Waals surface area (Å²) in [6, 6.07) is 12.8. The Kier molecular flexibility index (Phi) is 6.35. The van der Waals surface area contributed by atoms with E-state index in [0.717, 1.165) is 39.6 Å². The fourth-order valence-electron chi connectivity index (χ4n) is 3.05. The molecule has 0 aliphatic carbocycles. The quantitative estimate of drug-likeness (QED) is 0.572. The Bertz CT molecular complexity index is 1050. The zero-order chi connectivity index (χ0) is 21.8. The van der Waals surface area contributed by atoms with Crippen molar-refractivity contribution in [3.63, 3.8) is 0 Å². The van der Waals surface area contributed by atoms with E-state index in [2.05, 4.69) is 15.3 Å². The molecule has 0 spiro atoms. The molecule has 0 saturated heterocycles. The Balaban J connectivity index is 1.68. The molecular weight excluding hydrogens is 378 g/mol. The van der Waals surface area contributed by atoms with Crippen LogP contribution < -0.4 is 5.32 Å². The lowest BCUT2D eigenvalue weighted by Crippen LogP contribution is -2.32. The van der Waals surface area contributed by atoms with Gasteiger partial charge in [-0.05, 0) is 63.4 Å². The summed E-state index contributed by atoms with van der Waals surface area (Å²) in [5, 5.41) is 2.87. The standard InChI is InChI=1S/C24H27N3O3/c1-6-21(23(28)27-20-13-14(2)7-8-15(20)3)30-24(29)19-11-9-18(10-12-19)22-25-16(4)17(5)26-22/h7-13,21H,6H2,1-5H3,(H,25,26)(H,27,28). The zero-order valence-corrected chi connectivity index (χ0v) is 18.0. The first-order valence-electron chi connectivity index (χ1n) is 10.0. The molecule has 30 heavy (non-hydrogen) atoms. The van der Waals surface area contributed by atoms with Crippen LogP contribution in [0.5, 0.6) is 0 Å². The van der Waals surface area contributed by atoms with Crippen LogP contribution in [0.2, 0.25) is 0 Å². The van der Waals surface area contributed by atoms with Crippen LogP contribution in [0.25, 0.3) is 11.4 Å². The maximum Gasteiger partial charge on any atom is 0.338 e. The lowest BCUT2D eigenvalue weighted by atomic mass is 10.1. The number of H-pyrrole nitrogens is 1. The highest BCUT2D eigenvalue weighted by Gasteiger charge is 2.22. The lowest BCUT2D eigenvalue weighted by molar-refractivity contribution is -0.124. The molecule has 0 bridgehead atoms.